The van der Waals surface area contributed by atoms with E-state index in [-0.39, 0.29) is 11.3 Å². The van der Waals surface area contributed by atoms with Crippen molar-refractivity contribution < 1.29 is 9.32 Å². The number of carbonyl (C=O) groups is 1. The zero-order chi connectivity index (χ0) is 14.6. The number of aryl methyl sites for hydroxylation is 2. The molecule has 0 unspecified atom stereocenters. The van der Waals surface area contributed by atoms with Crippen molar-refractivity contribution in [3.63, 3.8) is 0 Å². The fraction of sp³-hybridized carbons (Fsp3) is 0.765. The van der Waals surface area contributed by atoms with Crippen LogP contribution in [0.5, 0.6) is 0 Å². The molecule has 0 saturated heterocycles. The predicted octanol–water partition coefficient (Wildman–Crippen LogP) is 3.12. The third-order valence-corrected chi connectivity index (χ3v) is 6.13. The summed E-state index contributed by atoms with van der Waals surface area (Å²) in [5.41, 5.74) is 1.86. The van der Waals surface area contributed by atoms with Crippen molar-refractivity contribution in [2.75, 3.05) is 0 Å². The minimum absolute atomic E-state index is 0.0618. The fourth-order valence-corrected chi connectivity index (χ4v) is 5.50. The topological polar surface area (TPSA) is 55.1 Å². The molecule has 0 spiro atoms. The Morgan fingerprint density at radius 1 is 1.19 bits per heavy atom. The highest BCUT2D eigenvalue weighted by Crippen LogP contribution is 2.60. The molecule has 0 aliphatic heterocycles. The standard InChI is InChI=1S/C17H24N2O2/c1-10-15(11(2)21-19-10)9-18-16(20)17-6-12-3-13(7-17)5-14(4-12)8-17/h12-14H,3-9H2,1-2H3,(H,18,20). The van der Waals surface area contributed by atoms with E-state index < -0.39 is 0 Å². The third kappa shape index (κ3) is 2.11. The Balaban J connectivity index is 1.48. The summed E-state index contributed by atoms with van der Waals surface area (Å²) >= 11 is 0. The first kappa shape index (κ1) is 13.4. The number of aromatic nitrogens is 1. The van der Waals surface area contributed by atoms with Gasteiger partial charge in [-0.2, -0.15) is 0 Å². The van der Waals surface area contributed by atoms with Crippen molar-refractivity contribution in [1.29, 1.82) is 0 Å². The molecule has 1 amide bonds. The Bertz CT molecular complexity index is 521. The van der Waals surface area contributed by atoms with Crippen LogP contribution in [0.2, 0.25) is 0 Å². The third-order valence-electron chi connectivity index (χ3n) is 6.13. The van der Waals surface area contributed by atoms with E-state index >= 15 is 0 Å². The van der Waals surface area contributed by atoms with Crippen LogP contribution in [0.1, 0.15) is 55.5 Å². The summed E-state index contributed by atoms with van der Waals surface area (Å²) in [6.45, 7) is 4.40. The summed E-state index contributed by atoms with van der Waals surface area (Å²) in [6, 6.07) is 0. The summed E-state index contributed by atoms with van der Waals surface area (Å²) < 4.78 is 5.18. The van der Waals surface area contributed by atoms with Crippen molar-refractivity contribution in [2.45, 2.75) is 58.9 Å². The largest absolute Gasteiger partial charge is 0.361 e. The first-order chi connectivity index (χ1) is 10.1. The molecular weight excluding hydrogens is 264 g/mol. The molecule has 1 N–H and O–H groups in total. The van der Waals surface area contributed by atoms with E-state index in [9.17, 15) is 4.79 Å². The summed E-state index contributed by atoms with van der Waals surface area (Å²) in [5, 5.41) is 7.14. The number of rotatable bonds is 3. The molecule has 0 aromatic carbocycles. The lowest BCUT2D eigenvalue weighted by atomic mass is 9.49. The van der Waals surface area contributed by atoms with Crippen LogP contribution in [0.25, 0.3) is 0 Å². The molecule has 0 atom stereocenters. The highest BCUT2D eigenvalue weighted by molar-refractivity contribution is 5.83. The second-order valence-corrected chi connectivity index (χ2v) is 7.68. The molecule has 4 heteroatoms. The number of hydrogen-bond acceptors (Lipinski definition) is 3. The van der Waals surface area contributed by atoms with E-state index in [4.69, 9.17) is 4.52 Å². The van der Waals surface area contributed by atoms with Gasteiger partial charge in [-0.15, -0.1) is 0 Å². The maximum Gasteiger partial charge on any atom is 0.226 e. The van der Waals surface area contributed by atoms with E-state index in [0.717, 1.165) is 54.0 Å². The summed E-state index contributed by atoms with van der Waals surface area (Å²) in [6.07, 6.45) is 7.47. The molecular formula is C17H24N2O2. The molecule has 0 radical (unpaired) electrons. The monoisotopic (exact) mass is 288 g/mol. The van der Waals surface area contributed by atoms with Crippen LogP contribution in [0.4, 0.5) is 0 Å². The van der Waals surface area contributed by atoms with Gasteiger partial charge in [0.15, 0.2) is 0 Å². The molecule has 114 valence electrons. The smallest absolute Gasteiger partial charge is 0.226 e. The Morgan fingerprint density at radius 2 is 1.76 bits per heavy atom. The lowest BCUT2D eigenvalue weighted by Gasteiger charge is -2.55. The van der Waals surface area contributed by atoms with Gasteiger partial charge >= 0.3 is 0 Å². The lowest BCUT2D eigenvalue weighted by Crippen LogP contribution is -2.53. The number of hydrogen-bond donors (Lipinski definition) is 1. The Hall–Kier alpha value is -1.32. The molecule has 4 aliphatic rings. The maximum atomic E-state index is 12.9. The second kappa shape index (κ2) is 4.59. The fourth-order valence-electron chi connectivity index (χ4n) is 5.50. The molecule has 4 fully saturated rings. The van der Waals surface area contributed by atoms with Crippen LogP contribution < -0.4 is 5.32 Å². The zero-order valence-corrected chi connectivity index (χ0v) is 12.9. The van der Waals surface area contributed by atoms with Gasteiger partial charge in [-0.25, -0.2) is 0 Å². The number of nitrogens with one attached hydrogen (secondary N) is 1. The maximum absolute atomic E-state index is 12.9. The lowest BCUT2D eigenvalue weighted by molar-refractivity contribution is -0.146. The van der Waals surface area contributed by atoms with Crippen molar-refractivity contribution in [3.8, 4) is 0 Å². The van der Waals surface area contributed by atoms with E-state index in [1.807, 2.05) is 13.8 Å². The minimum atomic E-state index is -0.0618. The molecule has 1 aromatic heterocycles. The molecule has 5 rings (SSSR count). The highest BCUT2D eigenvalue weighted by Gasteiger charge is 2.54. The molecule has 1 aromatic rings. The van der Waals surface area contributed by atoms with E-state index in [1.54, 1.807) is 0 Å². The van der Waals surface area contributed by atoms with E-state index in [2.05, 4.69) is 10.5 Å². The Kier molecular flexibility index (Phi) is 2.92. The summed E-state index contributed by atoms with van der Waals surface area (Å²) in [4.78, 5) is 12.9. The number of amides is 1. The van der Waals surface area contributed by atoms with Gasteiger partial charge in [-0.1, -0.05) is 5.16 Å². The average Bonchev–Trinajstić information content (AvgIpc) is 2.74. The molecule has 4 saturated carbocycles. The minimum Gasteiger partial charge on any atom is -0.361 e. The normalized spacial score (nSPS) is 37.0. The van der Waals surface area contributed by atoms with Crippen molar-refractivity contribution in [3.05, 3.63) is 17.0 Å². The van der Waals surface area contributed by atoms with Gasteiger partial charge in [0, 0.05) is 17.5 Å². The summed E-state index contributed by atoms with van der Waals surface area (Å²) in [5.74, 6) is 3.52. The van der Waals surface area contributed by atoms with Crippen LogP contribution in [-0.2, 0) is 11.3 Å². The number of carbonyl (C=O) groups excluding carboxylic acids is 1. The van der Waals surface area contributed by atoms with Crippen LogP contribution in [0.3, 0.4) is 0 Å². The van der Waals surface area contributed by atoms with Gasteiger partial charge in [0.05, 0.1) is 5.69 Å². The van der Waals surface area contributed by atoms with Crippen molar-refractivity contribution in [1.82, 2.24) is 10.5 Å². The van der Waals surface area contributed by atoms with E-state index in [1.165, 1.54) is 19.3 Å². The Morgan fingerprint density at radius 3 is 2.24 bits per heavy atom. The van der Waals surface area contributed by atoms with E-state index in [0.29, 0.717) is 6.54 Å². The molecule has 4 nitrogen and oxygen atoms in total. The SMILES string of the molecule is Cc1noc(C)c1CNC(=O)C12CC3CC(CC(C3)C1)C2. The first-order valence-corrected chi connectivity index (χ1v) is 8.26. The van der Waals surface area contributed by atoms with Gasteiger partial charge in [-0.3, -0.25) is 4.79 Å². The van der Waals surface area contributed by atoms with Gasteiger partial charge < -0.3 is 9.84 Å². The molecule has 21 heavy (non-hydrogen) atoms. The van der Waals surface area contributed by atoms with Gasteiger partial charge in [0.25, 0.3) is 0 Å². The summed E-state index contributed by atoms with van der Waals surface area (Å²) in [7, 11) is 0. The molecule has 4 bridgehead atoms. The zero-order valence-electron chi connectivity index (χ0n) is 12.9. The first-order valence-electron chi connectivity index (χ1n) is 8.26. The van der Waals surface area contributed by atoms with Crippen molar-refractivity contribution in [2.24, 2.45) is 23.2 Å². The van der Waals surface area contributed by atoms with Crippen LogP contribution in [0.15, 0.2) is 4.52 Å². The predicted molar refractivity (Wildman–Crippen MR) is 78.4 cm³/mol. The quantitative estimate of drug-likeness (QED) is 0.929. The van der Waals surface area contributed by atoms with Crippen LogP contribution in [-0.4, -0.2) is 11.1 Å². The van der Waals surface area contributed by atoms with Crippen molar-refractivity contribution >= 4 is 5.91 Å². The average molecular weight is 288 g/mol. The van der Waals surface area contributed by atoms with Gasteiger partial charge in [0.1, 0.15) is 5.76 Å². The van der Waals surface area contributed by atoms with Gasteiger partial charge in [0.2, 0.25) is 5.91 Å². The molecule has 4 aliphatic carbocycles. The van der Waals surface area contributed by atoms with Crippen LogP contribution in [0, 0.1) is 37.0 Å². The highest BCUT2D eigenvalue weighted by atomic mass is 16.5. The second-order valence-electron chi connectivity index (χ2n) is 7.68. The Labute approximate surface area is 125 Å². The molecule has 1 heterocycles. The number of nitrogens with zero attached hydrogens (tertiary/aromatic N) is 1. The van der Waals surface area contributed by atoms with Crippen LogP contribution >= 0.6 is 0 Å². The van der Waals surface area contributed by atoms with Gasteiger partial charge in [-0.05, 0) is 70.1 Å².